The largest absolute Gasteiger partial charge is 0.356 e. The summed E-state index contributed by atoms with van der Waals surface area (Å²) in [5, 5.41) is 17.8. The van der Waals surface area contributed by atoms with Gasteiger partial charge in [0, 0.05) is 12.5 Å². The molecule has 1 aliphatic heterocycles. The average Bonchev–Trinajstić information content (AvgIpc) is 3.17. The summed E-state index contributed by atoms with van der Waals surface area (Å²) in [4.78, 5) is 45.2. The van der Waals surface area contributed by atoms with Crippen molar-refractivity contribution >= 4 is 28.8 Å². The molecule has 170 valence electrons. The molecule has 1 fully saturated rings. The minimum Gasteiger partial charge on any atom is -0.356 e. The standard InChI is InChI=1S/C23H30N6O3/c1-23(2,3)12-18(29-22(32)19-27-16-8-4-5-9-17(16)28-19)21(31)26-15(13-24)11-14-7-6-10-25-20(14)30/h4-5,8-9,14-15,18H,6-7,10-12H2,1-3H3,(H,25,30)(H,26,31)(H,27,28)(H,29,32)/t14-,15-,18-/m0/s1. The third-order valence-corrected chi connectivity index (χ3v) is 5.43. The highest BCUT2D eigenvalue weighted by atomic mass is 16.2. The number of nitrogens with zero attached hydrogens (tertiary/aromatic N) is 2. The second-order valence-corrected chi connectivity index (χ2v) is 9.45. The molecular weight excluding hydrogens is 408 g/mol. The van der Waals surface area contributed by atoms with E-state index in [1.165, 1.54) is 0 Å². The topological polar surface area (TPSA) is 140 Å². The van der Waals surface area contributed by atoms with Crippen molar-refractivity contribution in [1.82, 2.24) is 25.9 Å². The normalized spacial score (nSPS) is 18.3. The predicted molar refractivity (Wildman–Crippen MR) is 119 cm³/mol. The number of aromatic nitrogens is 2. The van der Waals surface area contributed by atoms with Crippen LogP contribution in [0.3, 0.4) is 0 Å². The van der Waals surface area contributed by atoms with Crippen molar-refractivity contribution in [3.63, 3.8) is 0 Å². The number of piperidine rings is 1. The fraction of sp³-hybridized carbons (Fsp3) is 0.522. The number of rotatable bonds is 7. The first-order chi connectivity index (χ1) is 15.2. The number of hydrogen-bond acceptors (Lipinski definition) is 5. The molecule has 3 amide bonds. The predicted octanol–water partition coefficient (Wildman–Crippen LogP) is 2.02. The van der Waals surface area contributed by atoms with Crippen LogP contribution in [-0.4, -0.2) is 46.3 Å². The Kier molecular flexibility index (Phi) is 7.13. The Balaban J connectivity index is 1.70. The van der Waals surface area contributed by atoms with Crippen LogP contribution in [0.5, 0.6) is 0 Å². The van der Waals surface area contributed by atoms with Crippen LogP contribution in [0.1, 0.15) is 57.1 Å². The van der Waals surface area contributed by atoms with E-state index in [2.05, 4.69) is 32.0 Å². The second-order valence-electron chi connectivity index (χ2n) is 9.45. The van der Waals surface area contributed by atoms with Gasteiger partial charge < -0.3 is 20.9 Å². The minimum absolute atomic E-state index is 0.0878. The number of hydrogen-bond donors (Lipinski definition) is 4. The van der Waals surface area contributed by atoms with E-state index in [-0.39, 0.29) is 29.5 Å². The zero-order chi connectivity index (χ0) is 23.3. The quantitative estimate of drug-likeness (QED) is 0.524. The van der Waals surface area contributed by atoms with E-state index in [0.29, 0.717) is 24.9 Å². The van der Waals surface area contributed by atoms with Gasteiger partial charge in [-0.2, -0.15) is 5.26 Å². The summed E-state index contributed by atoms with van der Waals surface area (Å²) in [5.74, 6) is -1.22. The van der Waals surface area contributed by atoms with E-state index in [1.807, 2.05) is 39.0 Å². The molecule has 0 aliphatic carbocycles. The summed E-state index contributed by atoms with van der Waals surface area (Å²) in [5.41, 5.74) is 1.13. The smallest absolute Gasteiger partial charge is 0.287 e. The van der Waals surface area contributed by atoms with Crippen LogP contribution in [0.25, 0.3) is 11.0 Å². The number of amides is 3. The molecule has 0 radical (unpaired) electrons. The molecule has 32 heavy (non-hydrogen) atoms. The molecule has 1 aromatic heterocycles. The number of carbonyl (C=O) groups is 3. The van der Waals surface area contributed by atoms with E-state index < -0.39 is 23.9 Å². The maximum absolute atomic E-state index is 13.0. The molecule has 0 saturated carbocycles. The number of nitriles is 1. The molecule has 2 heterocycles. The Labute approximate surface area is 187 Å². The van der Waals surface area contributed by atoms with Gasteiger partial charge in [-0.15, -0.1) is 0 Å². The number of imidazole rings is 1. The maximum atomic E-state index is 13.0. The summed E-state index contributed by atoms with van der Waals surface area (Å²) >= 11 is 0. The first-order valence-electron chi connectivity index (χ1n) is 10.9. The fourth-order valence-corrected chi connectivity index (χ4v) is 3.87. The Bertz CT molecular complexity index is 999. The van der Waals surface area contributed by atoms with Gasteiger partial charge in [-0.3, -0.25) is 14.4 Å². The summed E-state index contributed by atoms with van der Waals surface area (Å²) in [7, 11) is 0. The fourth-order valence-electron chi connectivity index (χ4n) is 3.87. The highest BCUT2D eigenvalue weighted by molar-refractivity contribution is 5.97. The zero-order valence-electron chi connectivity index (χ0n) is 18.7. The van der Waals surface area contributed by atoms with E-state index in [4.69, 9.17) is 0 Å². The number of nitrogens with one attached hydrogen (secondary N) is 4. The van der Waals surface area contributed by atoms with Gasteiger partial charge in [0.15, 0.2) is 5.82 Å². The van der Waals surface area contributed by atoms with Crippen LogP contribution in [0.4, 0.5) is 0 Å². The van der Waals surface area contributed by atoms with Crippen LogP contribution in [-0.2, 0) is 9.59 Å². The number of aromatic amines is 1. The molecule has 0 bridgehead atoms. The van der Waals surface area contributed by atoms with Gasteiger partial charge in [0.05, 0.1) is 17.1 Å². The van der Waals surface area contributed by atoms with Gasteiger partial charge in [0.25, 0.3) is 5.91 Å². The number of carbonyl (C=O) groups excluding carboxylic acids is 3. The van der Waals surface area contributed by atoms with Crippen molar-refractivity contribution in [2.24, 2.45) is 11.3 Å². The number of fused-ring (bicyclic) bond motifs is 1. The SMILES string of the molecule is CC(C)(C)C[C@H](NC(=O)c1nc2ccccc2[nH]1)C(=O)N[C@H](C#N)C[C@@H]1CCCNC1=O. The van der Waals surface area contributed by atoms with Gasteiger partial charge >= 0.3 is 0 Å². The molecule has 1 aliphatic rings. The minimum atomic E-state index is -0.855. The summed E-state index contributed by atoms with van der Waals surface area (Å²) in [6.45, 7) is 6.54. The lowest BCUT2D eigenvalue weighted by molar-refractivity contribution is -0.128. The van der Waals surface area contributed by atoms with Crippen LogP contribution in [0.2, 0.25) is 0 Å². The lowest BCUT2D eigenvalue weighted by Crippen LogP contribution is -2.51. The van der Waals surface area contributed by atoms with E-state index in [9.17, 15) is 19.6 Å². The lowest BCUT2D eigenvalue weighted by atomic mass is 9.87. The Morgan fingerprint density at radius 2 is 2.03 bits per heavy atom. The molecule has 0 unspecified atom stereocenters. The first kappa shape index (κ1) is 23.3. The van der Waals surface area contributed by atoms with Crippen molar-refractivity contribution < 1.29 is 14.4 Å². The average molecular weight is 439 g/mol. The third-order valence-electron chi connectivity index (χ3n) is 5.43. The Morgan fingerprint density at radius 1 is 1.28 bits per heavy atom. The zero-order valence-corrected chi connectivity index (χ0v) is 18.7. The molecule has 0 spiro atoms. The van der Waals surface area contributed by atoms with Crippen LogP contribution in [0, 0.1) is 22.7 Å². The Hall–Kier alpha value is -3.41. The van der Waals surface area contributed by atoms with Crippen molar-refractivity contribution in [1.29, 1.82) is 5.26 Å². The second kappa shape index (κ2) is 9.81. The number of para-hydroxylation sites is 2. The van der Waals surface area contributed by atoms with Crippen LogP contribution in [0.15, 0.2) is 24.3 Å². The highest BCUT2D eigenvalue weighted by Crippen LogP contribution is 2.22. The summed E-state index contributed by atoms with van der Waals surface area (Å²) in [6, 6.07) is 7.68. The van der Waals surface area contributed by atoms with Gasteiger partial charge in [0.1, 0.15) is 12.1 Å². The molecule has 1 saturated heterocycles. The molecule has 4 N–H and O–H groups in total. The monoisotopic (exact) mass is 438 g/mol. The summed E-state index contributed by atoms with van der Waals surface area (Å²) in [6.07, 6.45) is 2.15. The molecule has 9 nitrogen and oxygen atoms in total. The van der Waals surface area contributed by atoms with Crippen molar-refractivity contribution in [3.8, 4) is 6.07 Å². The van der Waals surface area contributed by atoms with Crippen molar-refractivity contribution in [2.45, 2.75) is 58.5 Å². The van der Waals surface area contributed by atoms with Gasteiger partial charge in [-0.25, -0.2) is 4.98 Å². The molecule has 3 rings (SSSR count). The maximum Gasteiger partial charge on any atom is 0.287 e. The van der Waals surface area contributed by atoms with Crippen molar-refractivity contribution in [2.75, 3.05) is 6.54 Å². The third kappa shape index (κ3) is 6.06. The molecule has 9 heteroatoms. The number of H-pyrrole nitrogens is 1. The summed E-state index contributed by atoms with van der Waals surface area (Å²) < 4.78 is 0. The van der Waals surface area contributed by atoms with Gasteiger partial charge in [-0.1, -0.05) is 32.9 Å². The van der Waals surface area contributed by atoms with Crippen LogP contribution < -0.4 is 16.0 Å². The van der Waals surface area contributed by atoms with Crippen molar-refractivity contribution in [3.05, 3.63) is 30.1 Å². The molecule has 2 aromatic rings. The van der Waals surface area contributed by atoms with E-state index in [1.54, 1.807) is 6.07 Å². The first-order valence-corrected chi connectivity index (χ1v) is 10.9. The van der Waals surface area contributed by atoms with E-state index in [0.717, 1.165) is 11.9 Å². The lowest BCUT2D eigenvalue weighted by Gasteiger charge is -2.28. The molecular formula is C23H30N6O3. The van der Waals surface area contributed by atoms with Gasteiger partial charge in [0.2, 0.25) is 11.8 Å². The van der Waals surface area contributed by atoms with Crippen LogP contribution >= 0.6 is 0 Å². The highest BCUT2D eigenvalue weighted by Gasteiger charge is 2.31. The number of benzene rings is 1. The van der Waals surface area contributed by atoms with Gasteiger partial charge in [-0.05, 0) is 43.2 Å². The Morgan fingerprint density at radius 3 is 2.69 bits per heavy atom. The molecule has 1 aromatic carbocycles. The van der Waals surface area contributed by atoms with E-state index >= 15 is 0 Å². The molecule has 3 atom stereocenters.